The summed E-state index contributed by atoms with van der Waals surface area (Å²) in [6.45, 7) is 3.90. The molecule has 35 heavy (non-hydrogen) atoms. The number of nitrogens with one attached hydrogen (secondary N) is 2. The van der Waals surface area contributed by atoms with Gasteiger partial charge in [-0.3, -0.25) is 9.59 Å². The maximum Gasteiger partial charge on any atom is 0.216 e. The third kappa shape index (κ3) is 9.04. The van der Waals surface area contributed by atoms with Gasteiger partial charge in [0.25, 0.3) is 0 Å². The van der Waals surface area contributed by atoms with Crippen LogP contribution in [0.4, 0.5) is 0 Å². The summed E-state index contributed by atoms with van der Waals surface area (Å²) < 4.78 is 11.8. The van der Waals surface area contributed by atoms with Crippen LogP contribution < -0.4 is 10.6 Å². The van der Waals surface area contributed by atoms with Crippen molar-refractivity contribution in [2.75, 3.05) is 33.4 Å². The predicted molar refractivity (Wildman–Crippen MR) is 139 cm³/mol. The lowest BCUT2D eigenvalue weighted by Crippen LogP contribution is -2.31. The molecule has 190 valence electrons. The van der Waals surface area contributed by atoms with Crippen LogP contribution in [-0.2, 0) is 14.3 Å². The van der Waals surface area contributed by atoms with Crippen LogP contribution in [0.1, 0.15) is 66.6 Å². The van der Waals surface area contributed by atoms with Gasteiger partial charge in [-0.25, -0.2) is 0 Å². The molecule has 2 aromatic carbocycles. The normalized spacial score (nSPS) is 17.5. The molecule has 1 amide bonds. The fourth-order valence-electron chi connectivity index (χ4n) is 4.56. The number of amides is 1. The van der Waals surface area contributed by atoms with Gasteiger partial charge >= 0.3 is 0 Å². The first kappa shape index (κ1) is 27.3. The number of carbonyl (C=O) groups excluding carboxylic acids is 2. The van der Waals surface area contributed by atoms with Gasteiger partial charge in [-0.15, -0.1) is 0 Å². The van der Waals surface area contributed by atoms with E-state index in [1.165, 1.54) is 13.3 Å². The molecule has 1 aliphatic rings. The molecule has 0 aromatic heterocycles. The van der Waals surface area contributed by atoms with Crippen molar-refractivity contribution in [3.05, 3.63) is 70.2 Å². The van der Waals surface area contributed by atoms with Crippen LogP contribution in [0.3, 0.4) is 0 Å². The SMILES string of the molecule is CN[C@H](CCC(=O)c1cccc([C@@H](OCCNC(C)=O)c2cccc(Cl)c2)c1)C[C@H]1CCCOC1. The lowest BCUT2D eigenvalue weighted by atomic mass is 9.91. The first-order chi connectivity index (χ1) is 17.0. The number of Topliss-reactive ketones (excluding diaryl/α,β-unsaturated/α-hetero) is 1. The van der Waals surface area contributed by atoms with Crippen molar-refractivity contribution >= 4 is 23.3 Å². The second-order valence-electron chi connectivity index (χ2n) is 9.18. The quantitative estimate of drug-likeness (QED) is 0.300. The summed E-state index contributed by atoms with van der Waals surface area (Å²) in [7, 11) is 1.97. The number of benzene rings is 2. The molecule has 0 bridgehead atoms. The van der Waals surface area contributed by atoms with Crippen molar-refractivity contribution in [3.8, 4) is 0 Å². The molecule has 1 heterocycles. The second kappa shape index (κ2) is 14.3. The van der Waals surface area contributed by atoms with Crippen molar-refractivity contribution < 1.29 is 19.1 Å². The van der Waals surface area contributed by atoms with Gasteiger partial charge in [-0.2, -0.15) is 0 Å². The van der Waals surface area contributed by atoms with E-state index in [2.05, 4.69) is 10.6 Å². The van der Waals surface area contributed by atoms with Gasteiger partial charge < -0.3 is 20.1 Å². The minimum Gasteiger partial charge on any atom is -0.381 e. The molecule has 0 radical (unpaired) electrons. The Bertz CT molecular complexity index is 961. The summed E-state index contributed by atoms with van der Waals surface area (Å²) in [6, 6.07) is 15.4. The van der Waals surface area contributed by atoms with Crippen LogP contribution in [0.15, 0.2) is 48.5 Å². The van der Waals surface area contributed by atoms with E-state index < -0.39 is 6.10 Å². The molecule has 7 heteroatoms. The molecule has 1 aliphatic heterocycles. The summed E-state index contributed by atoms with van der Waals surface area (Å²) in [4.78, 5) is 24.3. The number of carbonyl (C=O) groups is 2. The first-order valence-electron chi connectivity index (χ1n) is 12.5. The predicted octanol–water partition coefficient (Wildman–Crippen LogP) is 4.95. The second-order valence-corrected chi connectivity index (χ2v) is 9.62. The van der Waals surface area contributed by atoms with Gasteiger partial charge in [0.05, 0.1) is 6.61 Å². The summed E-state index contributed by atoms with van der Waals surface area (Å²) in [5, 5.41) is 6.75. The maximum absolute atomic E-state index is 13.1. The number of hydrogen-bond acceptors (Lipinski definition) is 5. The minimum atomic E-state index is -0.397. The number of halogens is 1. The van der Waals surface area contributed by atoms with Gasteiger partial charge in [0.2, 0.25) is 5.91 Å². The lowest BCUT2D eigenvalue weighted by molar-refractivity contribution is -0.119. The number of ketones is 1. The molecular formula is C28H37ClN2O4. The van der Waals surface area contributed by atoms with Crippen molar-refractivity contribution in [2.45, 2.75) is 51.2 Å². The molecule has 3 rings (SSSR count). The molecule has 0 aliphatic carbocycles. The molecule has 2 N–H and O–H groups in total. The van der Waals surface area contributed by atoms with E-state index in [0.29, 0.717) is 42.1 Å². The molecule has 0 saturated carbocycles. The van der Waals surface area contributed by atoms with E-state index in [1.54, 1.807) is 0 Å². The average Bonchev–Trinajstić information content (AvgIpc) is 2.87. The fourth-order valence-corrected chi connectivity index (χ4v) is 4.76. The Morgan fingerprint density at radius 2 is 1.94 bits per heavy atom. The van der Waals surface area contributed by atoms with Crippen LogP contribution in [0, 0.1) is 5.92 Å². The van der Waals surface area contributed by atoms with E-state index >= 15 is 0 Å². The highest BCUT2D eigenvalue weighted by molar-refractivity contribution is 6.30. The Morgan fingerprint density at radius 3 is 2.63 bits per heavy atom. The molecule has 0 spiro atoms. The van der Waals surface area contributed by atoms with Crippen LogP contribution in [0.2, 0.25) is 5.02 Å². The van der Waals surface area contributed by atoms with Gasteiger partial charge in [0.15, 0.2) is 5.78 Å². The van der Waals surface area contributed by atoms with E-state index in [4.69, 9.17) is 21.1 Å². The van der Waals surface area contributed by atoms with Gasteiger partial charge in [0, 0.05) is 49.7 Å². The van der Waals surface area contributed by atoms with Gasteiger partial charge in [0.1, 0.15) is 6.10 Å². The Balaban J connectivity index is 1.67. The van der Waals surface area contributed by atoms with Gasteiger partial charge in [-0.05, 0) is 68.0 Å². The van der Waals surface area contributed by atoms with E-state index in [1.807, 2.05) is 55.6 Å². The molecular weight excluding hydrogens is 464 g/mol. The minimum absolute atomic E-state index is 0.101. The Morgan fingerprint density at radius 1 is 1.17 bits per heavy atom. The monoisotopic (exact) mass is 500 g/mol. The van der Waals surface area contributed by atoms with Crippen molar-refractivity contribution in [3.63, 3.8) is 0 Å². The van der Waals surface area contributed by atoms with Crippen molar-refractivity contribution in [1.29, 1.82) is 0 Å². The van der Waals surface area contributed by atoms with Crippen molar-refractivity contribution in [2.24, 2.45) is 5.92 Å². The smallest absolute Gasteiger partial charge is 0.216 e. The topological polar surface area (TPSA) is 76.7 Å². The van der Waals surface area contributed by atoms with Crippen LogP contribution >= 0.6 is 11.6 Å². The molecule has 0 unspecified atom stereocenters. The highest BCUT2D eigenvalue weighted by Gasteiger charge is 2.21. The standard InChI is InChI=1S/C28H37ClN2O4/c1-20(32)31-13-15-35-28(24-9-4-10-25(29)18-24)23-8-3-7-22(17-23)27(33)12-11-26(30-2)16-21-6-5-14-34-19-21/h3-4,7-10,17-18,21,26,28,30H,5-6,11-16,19H2,1-2H3,(H,31,32)/t21-,26-,28-/m1/s1. The molecule has 2 aromatic rings. The zero-order valence-electron chi connectivity index (χ0n) is 20.7. The number of rotatable bonds is 13. The Labute approximate surface area is 213 Å². The molecule has 1 fully saturated rings. The summed E-state index contributed by atoms with van der Waals surface area (Å²) in [5.41, 5.74) is 2.45. The van der Waals surface area contributed by atoms with Crippen LogP contribution in [0.5, 0.6) is 0 Å². The summed E-state index contributed by atoms with van der Waals surface area (Å²) in [5.74, 6) is 0.583. The molecule has 3 atom stereocenters. The Hall–Kier alpha value is -2.25. The summed E-state index contributed by atoms with van der Waals surface area (Å²) >= 11 is 6.23. The highest BCUT2D eigenvalue weighted by Crippen LogP contribution is 2.29. The zero-order valence-corrected chi connectivity index (χ0v) is 21.5. The first-order valence-corrected chi connectivity index (χ1v) is 12.8. The van der Waals surface area contributed by atoms with Crippen LogP contribution in [-0.4, -0.2) is 51.1 Å². The van der Waals surface area contributed by atoms with Crippen molar-refractivity contribution in [1.82, 2.24) is 10.6 Å². The number of ether oxygens (including phenoxy) is 2. The summed E-state index contributed by atoms with van der Waals surface area (Å²) in [6.07, 6.45) is 4.22. The largest absolute Gasteiger partial charge is 0.381 e. The third-order valence-corrected chi connectivity index (χ3v) is 6.66. The average molecular weight is 501 g/mol. The maximum atomic E-state index is 13.1. The van der Waals surface area contributed by atoms with Crippen LogP contribution in [0.25, 0.3) is 0 Å². The lowest BCUT2D eigenvalue weighted by Gasteiger charge is -2.26. The number of hydrogen-bond donors (Lipinski definition) is 2. The fraction of sp³-hybridized carbons (Fsp3) is 0.500. The zero-order chi connectivity index (χ0) is 25.0. The van der Waals surface area contributed by atoms with E-state index in [9.17, 15) is 9.59 Å². The molecule has 6 nitrogen and oxygen atoms in total. The molecule has 1 saturated heterocycles. The van der Waals surface area contributed by atoms with E-state index in [-0.39, 0.29) is 11.7 Å². The van der Waals surface area contributed by atoms with E-state index in [0.717, 1.165) is 43.6 Å². The third-order valence-electron chi connectivity index (χ3n) is 6.42. The van der Waals surface area contributed by atoms with Gasteiger partial charge in [-0.1, -0.05) is 41.9 Å². The highest BCUT2D eigenvalue weighted by atomic mass is 35.5. The Kier molecular flexibility index (Phi) is 11.2.